The van der Waals surface area contributed by atoms with E-state index in [4.69, 9.17) is 4.52 Å². The van der Waals surface area contributed by atoms with Crippen molar-refractivity contribution in [1.29, 1.82) is 0 Å². The maximum Gasteiger partial charge on any atom is 1.00 e. The van der Waals surface area contributed by atoms with Crippen molar-refractivity contribution in [1.82, 2.24) is 10.1 Å². The first kappa shape index (κ1) is 14.6. The van der Waals surface area contributed by atoms with Gasteiger partial charge in [0.2, 0.25) is 5.89 Å². The molecule has 1 aromatic heterocycles. The number of rotatable bonds is 3. The van der Waals surface area contributed by atoms with E-state index in [9.17, 15) is 4.79 Å². The van der Waals surface area contributed by atoms with Gasteiger partial charge in [-0.2, -0.15) is 6.29 Å². The van der Waals surface area contributed by atoms with Crippen molar-refractivity contribution < 1.29 is 33.7 Å². The zero-order valence-electron chi connectivity index (χ0n) is 8.75. The summed E-state index contributed by atoms with van der Waals surface area (Å²) in [7, 11) is 0. The minimum atomic E-state index is -0.0315. The Balaban J connectivity index is 0.00000112. The van der Waals surface area contributed by atoms with Gasteiger partial charge in [0.15, 0.2) is 0 Å². The Labute approximate surface area is 104 Å². The van der Waals surface area contributed by atoms with Crippen LogP contribution in [-0.4, -0.2) is 21.9 Å². The van der Waals surface area contributed by atoms with E-state index in [0.717, 1.165) is 5.56 Å². The average Bonchev–Trinajstić information content (AvgIpc) is 2.67. The molecule has 0 saturated carbocycles. The third kappa shape index (κ3) is 3.63. The molecule has 0 bridgehead atoms. The van der Waals surface area contributed by atoms with Crippen molar-refractivity contribution in [3.8, 4) is 0 Å². The first-order valence-corrected chi connectivity index (χ1v) is 4.13. The molecule has 0 aliphatic heterocycles. The van der Waals surface area contributed by atoms with E-state index in [0.29, 0.717) is 12.3 Å². The van der Waals surface area contributed by atoms with Crippen LogP contribution in [0.3, 0.4) is 0 Å². The summed E-state index contributed by atoms with van der Waals surface area (Å²) >= 11 is 0. The summed E-state index contributed by atoms with van der Waals surface area (Å²) < 4.78 is 4.84. The van der Waals surface area contributed by atoms with Gasteiger partial charge in [-0.05, 0) is 5.56 Å². The summed E-state index contributed by atoms with van der Waals surface area (Å²) in [5.74, 6) is 0.394. The predicted molar refractivity (Wildman–Crippen MR) is 50.3 cm³/mol. The number of carbonyl (C=O) groups excluding carboxylic acids is 1. The Kier molecular flexibility index (Phi) is 6.35. The fraction of sp³-hybridized carbons (Fsp3) is 0.100. The molecule has 1 heterocycles. The average molecular weight is 211 g/mol. The molecule has 0 unspecified atom stereocenters. The maximum absolute atomic E-state index is 10.2. The van der Waals surface area contributed by atoms with Gasteiger partial charge in [0.05, 0.1) is 12.2 Å². The Bertz CT molecular complexity index is 431. The van der Waals surface area contributed by atoms with E-state index >= 15 is 0 Å². The second-order valence-corrected chi connectivity index (χ2v) is 2.78. The van der Waals surface area contributed by atoms with Crippen molar-refractivity contribution >= 4 is 6.29 Å². The molecule has 0 spiro atoms. The SMILES string of the molecule is O=[C-]c1noc(Cc2ccccc2)n1.[Li+].[OH-]. The summed E-state index contributed by atoms with van der Waals surface area (Å²) in [4.78, 5) is 14.0. The molecule has 2 aromatic rings. The van der Waals surface area contributed by atoms with Gasteiger partial charge in [-0.1, -0.05) is 35.5 Å². The van der Waals surface area contributed by atoms with Crippen LogP contribution in [0.15, 0.2) is 34.9 Å². The van der Waals surface area contributed by atoms with Crippen LogP contribution < -0.4 is 18.9 Å². The van der Waals surface area contributed by atoms with E-state index in [1.54, 1.807) is 6.29 Å². The second kappa shape index (κ2) is 6.96. The van der Waals surface area contributed by atoms with Crippen LogP contribution in [0, 0.1) is 0 Å². The van der Waals surface area contributed by atoms with Gasteiger partial charge in [-0.3, -0.25) is 0 Å². The molecular formula is C10H8LiN2O3-. The van der Waals surface area contributed by atoms with Gasteiger partial charge in [0.1, 0.15) is 0 Å². The topological polar surface area (TPSA) is 86.0 Å². The molecule has 2 rings (SSSR count). The molecule has 16 heavy (non-hydrogen) atoms. The Morgan fingerprint density at radius 2 is 1.94 bits per heavy atom. The normalized spacial score (nSPS) is 8.75. The third-order valence-electron chi connectivity index (χ3n) is 1.76. The first-order chi connectivity index (χ1) is 6.88. The van der Waals surface area contributed by atoms with Crippen molar-refractivity contribution in [2.75, 3.05) is 0 Å². The largest absolute Gasteiger partial charge is 1.00 e. The summed E-state index contributed by atoms with van der Waals surface area (Å²) in [5.41, 5.74) is 1.06. The van der Waals surface area contributed by atoms with E-state index in [1.807, 2.05) is 30.3 Å². The predicted octanol–water partition coefficient (Wildman–Crippen LogP) is -2.05. The summed E-state index contributed by atoms with van der Waals surface area (Å²) in [6, 6.07) is 9.70. The first-order valence-electron chi connectivity index (χ1n) is 4.13. The molecular weight excluding hydrogens is 203 g/mol. The van der Waals surface area contributed by atoms with Gasteiger partial charge in [-0.15, -0.1) is 0 Å². The molecule has 0 aliphatic carbocycles. The molecule has 6 heteroatoms. The third-order valence-corrected chi connectivity index (χ3v) is 1.76. The van der Waals surface area contributed by atoms with Crippen molar-refractivity contribution in [3.05, 3.63) is 47.6 Å². The Morgan fingerprint density at radius 3 is 2.50 bits per heavy atom. The van der Waals surface area contributed by atoms with Crippen molar-refractivity contribution in [2.24, 2.45) is 0 Å². The molecule has 5 nitrogen and oxygen atoms in total. The maximum atomic E-state index is 10.2. The number of aromatic nitrogens is 2. The summed E-state index contributed by atoms with van der Waals surface area (Å²) in [6.45, 7) is 0. The number of nitrogens with zero attached hydrogens (tertiary/aromatic N) is 2. The van der Waals surface area contributed by atoms with Crippen LogP contribution in [0.1, 0.15) is 17.3 Å². The monoisotopic (exact) mass is 211 g/mol. The minimum Gasteiger partial charge on any atom is -0.870 e. The smallest absolute Gasteiger partial charge is 0.870 e. The molecule has 0 fully saturated rings. The molecule has 1 aromatic carbocycles. The van der Waals surface area contributed by atoms with E-state index in [-0.39, 0.29) is 30.2 Å². The van der Waals surface area contributed by atoms with Crippen LogP contribution in [0.2, 0.25) is 0 Å². The fourth-order valence-electron chi connectivity index (χ4n) is 1.14. The minimum absolute atomic E-state index is 0. The van der Waals surface area contributed by atoms with E-state index in [2.05, 4.69) is 10.1 Å². The molecule has 1 N–H and O–H groups in total. The standard InChI is InChI=1S/C10H7N2O2.Li.H2O/c13-7-9-11-10(14-12-9)6-8-4-2-1-3-5-8;;/h1-5H,6H2;;1H2/q-1;+1;/p-1. The van der Waals surface area contributed by atoms with Gasteiger partial charge in [0, 0.05) is 0 Å². The van der Waals surface area contributed by atoms with Gasteiger partial charge in [-0.25, -0.2) is 4.98 Å². The van der Waals surface area contributed by atoms with Crippen LogP contribution in [-0.2, 0) is 11.2 Å². The van der Waals surface area contributed by atoms with E-state index < -0.39 is 0 Å². The number of hydrogen-bond donors (Lipinski definition) is 0. The molecule has 0 amide bonds. The van der Waals surface area contributed by atoms with Gasteiger partial charge in [0.25, 0.3) is 0 Å². The molecule has 0 atom stereocenters. The number of hydrogen-bond acceptors (Lipinski definition) is 5. The van der Waals surface area contributed by atoms with Gasteiger partial charge >= 0.3 is 18.9 Å². The van der Waals surface area contributed by atoms with Crippen LogP contribution in [0.5, 0.6) is 0 Å². The van der Waals surface area contributed by atoms with E-state index in [1.165, 1.54) is 0 Å². The Hall–Kier alpha value is -1.41. The molecule has 0 aliphatic rings. The zero-order valence-corrected chi connectivity index (χ0v) is 8.75. The molecule has 0 radical (unpaired) electrons. The van der Waals surface area contributed by atoms with Crippen LogP contribution >= 0.6 is 0 Å². The van der Waals surface area contributed by atoms with Crippen LogP contribution in [0.25, 0.3) is 0 Å². The van der Waals surface area contributed by atoms with Crippen LogP contribution in [0.4, 0.5) is 0 Å². The molecule has 0 saturated heterocycles. The summed E-state index contributed by atoms with van der Waals surface area (Å²) in [5, 5.41) is 3.42. The second-order valence-electron chi connectivity index (χ2n) is 2.78. The fourth-order valence-corrected chi connectivity index (χ4v) is 1.14. The molecule has 78 valence electrons. The number of benzene rings is 1. The van der Waals surface area contributed by atoms with Crippen molar-refractivity contribution in [3.63, 3.8) is 0 Å². The Morgan fingerprint density at radius 1 is 1.25 bits per heavy atom. The van der Waals surface area contributed by atoms with Crippen molar-refractivity contribution in [2.45, 2.75) is 6.42 Å². The zero-order chi connectivity index (χ0) is 9.80. The van der Waals surface area contributed by atoms with Gasteiger partial charge < -0.3 is 14.8 Å². The quantitative estimate of drug-likeness (QED) is 0.430. The summed E-state index contributed by atoms with van der Waals surface area (Å²) in [6.07, 6.45) is 2.10.